The molecular weight excluding hydrogens is 264 g/mol. The molecule has 1 atom stereocenters. The lowest BCUT2D eigenvalue weighted by atomic mass is 10.1. The SMILES string of the molecule is CCCC(C)C(=O)Nc1ccc(C(=O)N(CC)CC)cc1. The van der Waals surface area contributed by atoms with Gasteiger partial charge in [-0.25, -0.2) is 0 Å². The molecule has 0 saturated heterocycles. The molecule has 1 unspecified atom stereocenters. The fourth-order valence-corrected chi connectivity index (χ4v) is 2.22. The summed E-state index contributed by atoms with van der Waals surface area (Å²) in [4.78, 5) is 25.9. The van der Waals surface area contributed by atoms with Gasteiger partial charge in [0.05, 0.1) is 0 Å². The average Bonchev–Trinajstić information content (AvgIpc) is 2.49. The lowest BCUT2D eigenvalue weighted by Crippen LogP contribution is -2.30. The summed E-state index contributed by atoms with van der Waals surface area (Å²) in [5.41, 5.74) is 1.39. The Morgan fingerprint density at radius 3 is 2.14 bits per heavy atom. The minimum Gasteiger partial charge on any atom is -0.339 e. The summed E-state index contributed by atoms with van der Waals surface area (Å²) in [5.74, 6) is 0.0591. The van der Waals surface area contributed by atoms with E-state index >= 15 is 0 Å². The summed E-state index contributed by atoms with van der Waals surface area (Å²) in [7, 11) is 0. The van der Waals surface area contributed by atoms with E-state index in [-0.39, 0.29) is 17.7 Å². The Bertz CT molecular complexity index is 464. The van der Waals surface area contributed by atoms with Crippen LogP contribution in [0.4, 0.5) is 5.69 Å². The predicted octanol–water partition coefficient (Wildman–Crippen LogP) is 3.54. The van der Waals surface area contributed by atoms with Crippen LogP contribution in [0.1, 0.15) is 50.9 Å². The van der Waals surface area contributed by atoms with Gasteiger partial charge in [-0.3, -0.25) is 9.59 Å². The highest BCUT2D eigenvalue weighted by molar-refractivity contribution is 5.96. The smallest absolute Gasteiger partial charge is 0.253 e. The first-order chi connectivity index (χ1) is 10.0. The molecule has 0 radical (unpaired) electrons. The van der Waals surface area contributed by atoms with Gasteiger partial charge in [-0.2, -0.15) is 0 Å². The highest BCUT2D eigenvalue weighted by Crippen LogP contribution is 2.14. The van der Waals surface area contributed by atoms with Gasteiger partial charge in [-0.15, -0.1) is 0 Å². The maximum absolute atomic E-state index is 12.2. The van der Waals surface area contributed by atoms with Crippen molar-refractivity contribution in [2.45, 2.75) is 40.5 Å². The molecule has 0 aliphatic carbocycles. The van der Waals surface area contributed by atoms with E-state index in [0.29, 0.717) is 18.7 Å². The lowest BCUT2D eigenvalue weighted by molar-refractivity contribution is -0.119. The summed E-state index contributed by atoms with van der Waals surface area (Å²) < 4.78 is 0. The number of hydrogen-bond acceptors (Lipinski definition) is 2. The van der Waals surface area contributed by atoms with E-state index in [1.54, 1.807) is 29.2 Å². The zero-order chi connectivity index (χ0) is 15.8. The van der Waals surface area contributed by atoms with Gasteiger partial charge < -0.3 is 10.2 Å². The molecule has 0 bridgehead atoms. The number of benzene rings is 1. The van der Waals surface area contributed by atoms with Crippen LogP contribution in [-0.2, 0) is 4.79 Å². The van der Waals surface area contributed by atoms with Gasteiger partial charge in [0, 0.05) is 30.3 Å². The maximum Gasteiger partial charge on any atom is 0.253 e. The van der Waals surface area contributed by atoms with Gasteiger partial charge in [0.1, 0.15) is 0 Å². The third kappa shape index (κ3) is 4.88. The van der Waals surface area contributed by atoms with Crippen LogP contribution < -0.4 is 5.32 Å². The van der Waals surface area contributed by atoms with E-state index in [1.807, 2.05) is 20.8 Å². The molecule has 4 heteroatoms. The molecule has 0 saturated carbocycles. The third-order valence-electron chi connectivity index (χ3n) is 3.62. The number of carbonyl (C=O) groups excluding carboxylic acids is 2. The van der Waals surface area contributed by atoms with E-state index in [1.165, 1.54) is 0 Å². The molecule has 0 fully saturated rings. The molecule has 0 aliphatic heterocycles. The van der Waals surface area contributed by atoms with Crippen LogP contribution in [-0.4, -0.2) is 29.8 Å². The van der Waals surface area contributed by atoms with E-state index < -0.39 is 0 Å². The molecule has 1 aromatic rings. The standard InChI is InChI=1S/C17H26N2O2/c1-5-8-13(4)16(20)18-15-11-9-14(10-12-15)17(21)19(6-2)7-3/h9-13H,5-8H2,1-4H3,(H,18,20). The molecule has 1 aromatic carbocycles. The molecule has 0 spiro atoms. The average molecular weight is 290 g/mol. The summed E-state index contributed by atoms with van der Waals surface area (Å²) in [5, 5.41) is 2.89. The number of carbonyl (C=O) groups is 2. The Morgan fingerprint density at radius 1 is 1.10 bits per heavy atom. The van der Waals surface area contributed by atoms with Crippen LogP contribution in [0.2, 0.25) is 0 Å². The van der Waals surface area contributed by atoms with Crippen molar-refractivity contribution in [1.29, 1.82) is 0 Å². The second-order valence-corrected chi connectivity index (χ2v) is 5.23. The van der Waals surface area contributed by atoms with Gasteiger partial charge in [0.2, 0.25) is 5.91 Å². The second kappa shape index (κ2) is 8.45. The van der Waals surface area contributed by atoms with Crippen molar-refractivity contribution in [2.24, 2.45) is 5.92 Å². The first-order valence-corrected chi connectivity index (χ1v) is 7.73. The molecule has 1 N–H and O–H groups in total. The Balaban J connectivity index is 2.70. The van der Waals surface area contributed by atoms with Crippen LogP contribution >= 0.6 is 0 Å². The molecule has 2 amide bonds. The quantitative estimate of drug-likeness (QED) is 0.835. The molecule has 0 aromatic heterocycles. The van der Waals surface area contributed by atoms with E-state index in [4.69, 9.17) is 0 Å². The topological polar surface area (TPSA) is 49.4 Å². The van der Waals surface area contributed by atoms with Gasteiger partial charge in [0.25, 0.3) is 5.91 Å². The Morgan fingerprint density at radius 2 is 1.67 bits per heavy atom. The Labute approximate surface area is 127 Å². The van der Waals surface area contributed by atoms with Gasteiger partial charge in [0.15, 0.2) is 0 Å². The second-order valence-electron chi connectivity index (χ2n) is 5.23. The fourth-order valence-electron chi connectivity index (χ4n) is 2.22. The van der Waals surface area contributed by atoms with Crippen molar-refractivity contribution in [1.82, 2.24) is 4.90 Å². The summed E-state index contributed by atoms with van der Waals surface area (Å²) >= 11 is 0. The van der Waals surface area contributed by atoms with Crippen molar-refractivity contribution >= 4 is 17.5 Å². The molecule has 116 valence electrons. The van der Waals surface area contributed by atoms with Crippen LogP contribution in [0.5, 0.6) is 0 Å². The van der Waals surface area contributed by atoms with E-state index in [0.717, 1.165) is 18.5 Å². The minimum atomic E-state index is 0.00647. The predicted molar refractivity (Wildman–Crippen MR) is 86.4 cm³/mol. The summed E-state index contributed by atoms with van der Waals surface area (Å²) in [6, 6.07) is 7.10. The zero-order valence-electron chi connectivity index (χ0n) is 13.5. The highest BCUT2D eigenvalue weighted by atomic mass is 16.2. The zero-order valence-corrected chi connectivity index (χ0v) is 13.5. The van der Waals surface area contributed by atoms with Crippen molar-refractivity contribution in [3.05, 3.63) is 29.8 Å². The first-order valence-electron chi connectivity index (χ1n) is 7.73. The third-order valence-corrected chi connectivity index (χ3v) is 3.62. The van der Waals surface area contributed by atoms with Crippen molar-refractivity contribution in [3.63, 3.8) is 0 Å². The highest BCUT2D eigenvalue weighted by Gasteiger charge is 2.14. The molecule has 1 rings (SSSR count). The molecule has 4 nitrogen and oxygen atoms in total. The minimum absolute atomic E-state index is 0.00647. The number of anilines is 1. The maximum atomic E-state index is 12.2. The normalized spacial score (nSPS) is 11.8. The van der Waals surface area contributed by atoms with Gasteiger partial charge in [-0.05, 0) is 44.5 Å². The number of rotatable bonds is 7. The Hall–Kier alpha value is -1.84. The van der Waals surface area contributed by atoms with Crippen LogP contribution in [0, 0.1) is 5.92 Å². The van der Waals surface area contributed by atoms with Crippen molar-refractivity contribution < 1.29 is 9.59 Å². The van der Waals surface area contributed by atoms with E-state index in [9.17, 15) is 9.59 Å². The summed E-state index contributed by atoms with van der Waals surface area (Å²) in [6.07, 6.45) is 1.87. The molecule has 0 heterocycles. The summed E-state index contributed by atoms with van der Waals surface area (Å²) in [6.45, 7) is 9.31. The molecule has 21 heavy (non-hydrogen) atoms. The van der Waals surface area contributed by atoms with Gasteiger partial charge in [-0.1, -0.05) is 20.3 Å². The Kier molecular flexibility index (Phi) is 6.92. The monoisotopic (exact) mass is 290 g/mol. The number of amides is 2. The van der Waals surface area contributed by atoms with Crippen molar-refractivity contribution in [2.75, 3.05) is 18.4 Å². The van der Waals surface area contributed by atoms with Gasteiger partial charge >= 0.3 is 0 Å². The molecule has 0 aliphatic rings. The number of hydrogen-bond donors (Lipinski definition) is 1. The van der Waals surface area contributed by atoms with Crippen molar-refractivity contribution in [3.8, 4) is 0 Å². The fraction of sp³-hybridized carbons (Fsp3) is 0.529. The molecular formula is C17H26N2O2. The van der Waals surface area contributed by atoms with Crippen LogP contribution in [0.15, 0.2) is 24.3 Å². The van der Waals surface area contributed by atoms with Crippen LogP contribution in [0.25, 0.3) is 0 Å². The number of nitrogens with one attached hydrogen (secondary N) is 1. The van der Waals surface area contributed by atoms with Crippen LogP contribution in [0.3, 0.4) is 0 Å². The largest absolute Gasteiger partial charge is 0.339 e. The lowest BCUT2D eigenvalue weighted by Gasteiger charge is -2.18. The first kappa shape index (κ1) is 17.2. The van der Waals surface area contributed by atoms with E-state index in [2.05, 4.69) is 12.2 Å². The number of nitrogens with zero attached hydrogens (tertiary/aromatic N) is 1.